The molecule has 6 heteroatoms. The van der Waals surface area contributed by atoms with Crippen molar-refractivity contribution in [2.75, 3.05) is 0 Å². The van der Waals surface area contributed by atoms with E-state index in [-0.39, 0.29) is 25.9 Å². The first-order valence-electron chi connectivity index (χ1n) is 17.6. The van der Waals surface area contributed by atoms with Crippen molar-refractivity contribution in [1.29, 1.82) is 0 Å². The van der Waals surface area contributed by atoms with Crippen LogP contribution in [0.2, 0.25) is 17.3 Å². The van der Waals surface area contributed by atoms with Crippen LogP contribution in [0.15, 0.2) is 115 Å². The largest absolute Gasteiger partial charge is 3.00 e. The van der Waals surface area contributed by atoms with Crippen LogP contribution < -0.4 is 4.40 Å². The summed E-state index contributed by atoms with van der Waals surface area (Å²) in [5.41, 5.74) is 8.42. The van der Waals surface area contributed by atoms with Crippen LogP contribution in [-0.4, -0.2) is 22.8 Å². The van der Waals surface area contributed by atoms with Crippen LogP contribution >= 0.6 is 11.3 Å². The monoisotopic (exact) mass is 927 g/mol. The molecule has 8 rings (SSSR count). The minimum absolute atomic E-state index is 0. The van der Waals surface area contributed by atoms with Crippen molar-refractivity contribution in [2.24, 2.45) is 0 Å². The Balaban J connectivity index is 0.000000193. The zero-order valence-corrected chi connectivity index (χ0v) is 35.0. The number of aryl methyl sites for hydroxylation is 1. The van der Waals surface area contributed by atoms with E-state index in [1.54, 1.807) is 11.3 Å². The van der Waals surface area contributed by atoms with Crippen LogP contribution in [-0.2, 0) is 26.7 Å². The van der Waals surface area contributed by atoms with E-state index in [0.29, 0.717) is 0 Å². The molecule has 0 unspecified atom stereocenters. The summed E-state index contributed by atoms with van der Waals surface area (Å²) < 4.78 is 28.0. The second-order valence-electron chi connectivity index (χ2n) is 13.8. The van der Waals surface area contributed by atoms with E-state index < -0.39 is 19.2 Å². The van der Waals surface area contributed by atoms with Crippen molar-refractivity contribution in [2.45, 2.75) is 50.5 Å². The molecule has 0 bridgehead atoms. The van der Waals surface area contributed by atoms with Crippen LogP contribution in [0.25, 0.3) is 64.8 Å². The van der Waals surface area contributed by atoms with Gasteiger partial charge < -0.3 is 4.57 Å². The molecule has 0 radical (unpaired) electrons. The quantitative estimate of drug-likeness (QED) is 0.120. The van der Waals surface area contributed by atoms with Gasteiger partial charge in [0.15, 0.2) is 0 Å². The molecule has 0 N–H and O–H groups in total. The molecule has 0 fully saturated rings. The molecule has 0 spiro atoms. The van der Waals surface area contributed by atoms with E-state index in [0.717, 1.165) is 61.5 Å². The number of fused-ring (bicyclic) bond motifs is 4. The van der Waals surface area contributed by atoms with Gasteiger partial charge in [0.1, 0.15) is 5.82 Å². The van der Waals surface area contributed by atoms with Gasteiger partial charge in [-0.15, -0.1) is 12.1 Å². The molecule has 256 valence electrons. The smallest absolute Gasteiger partial charge is 3.00 e. The van der Waals surface area contributed by atoms with Crippen molar-refractivity contribution in [3.63, 3.8) is 0 Å². The summed E-state index contributed by atoms with van der Waals surface area (Å²) in [6.07, 6.45) is 0. The van der Waals surface area contributed by atoms with E-state index in [1.807, 2.05) is 62.4 Å². The van der Waals surface area contributed by atoms with Gasteiger partial charge in [-0.3, -0.25) is 4.98 Å². The van der Waals surface area contributed by atoms with Gasteiger partial charge in [0.25, 0.3) is 0 Å². The van der Waals surface area contributed by atoms with Gasteiger partial charge in [-0.05, 0) is 47.3 Å². The molecule has 2 nitrogen and oxygen atoms in total. The van der Waals surface area contributed by atoms with E-state index in [9.17, 15) is 4.39 Å². The van der Waals surface area contributed by atoms with Crippen LogP contribution in [0.5, 0.6) is 0 Å². The fourth-order valence-electron chi connectivity index (χ4n) is 6.62. The number of aromatic nitrogens is 2. The van der Waals surface area contributed by atoms with E-state index >= 15 is 0 Å². The Hall–Kier alpha value is -3.87. The Morgan fingerprint density at radius 3 is 2.29 bits per heavy atom. The Bertz CT molecular complexity index is 2490. The Kier molecular flexibility index (Phi) is 10.7. The van der Waals surface area contributed by atoms with Crippen molar-refractivity contribution < 1.29 is 25.9 Å². The number of thiophene rings is 1. The van der Waals surface area contributed by atoms with E-state index in [1.165, 1.54) is 32.0 Å². The average molecular weight is 926 g/mol. The molecule has 0 saturated heterocycles. The predicted molar refractivity (Wildman–Crippen MR) is 215 cm³/mol. The number of imidazole rings is 1. The predicted octanol–water partition coefficient (Wildman–Crippen LogP) is 12.3. The molecule has 0 aliphatic rings. The van der Waals surface area contributed by atoms with Crippen molar-refractivity contribution in [1.82, 2.24) is 9.55 Å². The SMILES string of the molecule is CCn1c(-c2[c-]cc(-c3ccc(F)cc3)c3c2sc2ccccc23)nc2ccccc21.[2H]C(C)(C)c1cc(-c2[c-]cccc2)[c-]c[c]1[Ge]([CH3])([CH3])[CH3].[Ir+3]. The third-order valence-corrected chi connectivity index (χ3v) is 14.5. The summed E-state index contributed by atoms with van der Waals surface area (Å²) in [5.74, 6) is 7.23. The summed E-state index contributed by atoms with van der Waals surface area (Å²) >= 11 is -0.229. The maximum atomic E-state index is 13.6. The van der Waals surface area contributed by atoms with E-state index in [4.69, 9.17) is 6.35 Å². The molecular weight excluding hydrogens is 884 g/mol. The van der Waals surface area contributed by atoms with Gasteiger partial charge in [-0.25, -0.2) is 4.39 Å². The number of nitrogens with zero attached hydrogens (tertiary/aromatic N) is 2. The molecule has 6 aromatic carbocycles. The second kappa shape index (κ2) is 15.4. The Morgan fingerprint density at radius 2 is 1.59 bits per heavy atom. The first kappa shape index (κ1) is 35.5. The molecule has 0 amide bonds. The van der Waals surface area contributed by atoms with Crippen molar-refractivity contribution in [3.8, 4) is 33.6 Å². The third-order valence-electron chi connectivity index (χ3n) is 9.10. The molecular formula is C45H40FGeIrN2S. The summed E-state index contributed by atoms with van der Waals surface area (Å²) in [5, 5.41) is 2.38. The van der Waals surface area contributed by atoms with Gasteiger partial charge in [0.2, 0.25) is 0 Å². The van der Waals surface area contributed by atoms with Crippen molar-refractivity contribution >= 4 is 60.2 Å². The average Bonchev–Trinajstić information content (AvgIpc) is 3.70. The van der Waals surface area contributed by atoms with Gasteiger partial charge >= 0.3 is 141 Å². The minimum atomic E-state index is -1.99. The summed E-state index contributed by atoms with van der Waals surface area (Å²) in [4.78, 5) is 4.98. The summed E-state index contributed by atoms with van der Waals surface area (Å²) in [7, 11) is 0. The zero-order valence-electron chi connectivity index (χ0n) is 30.7. The summed E-state index contributed by atoms with van der Waals surface area (Å²) in [6, 6.07) is 47.8. The first-order valence-corrected chi connectivity index (χ1v) is 25.2. The fourth-order valence-corrected chi connectivity index (χ4v) is 11.3. The fraction of sp³-hybridized carbons (Fsp3) is 0.178. The van der Waals surface area contributed by atoms with Gasteiger partial charge in [0, 0.05) is 11.2 Å². The van der Waals surface area contributed by atoms with Gasteiger partial charge in [0.05, 0.1) is 16.9 Å². The molecule has 0 aliphatic carbocycles. The van der Waals surface area contributed by atoms with Crippen LogP contribution in [0.3, 0.4) is 0 Å². The maximum absolute atomic E-state index is 13.6. The number of rotatable bonds is 6. The minimum Gasteiger partial charge on any atom is 3.00 e. The van der Waals surface area contributed by atoms with Crippen LogP contribution in [0.4, 0.5) is 4.39 Å². The second-order valence-corrected chi connectivity index (χ2v) is 25.4. The number of halogens is 1. The Labute approximate surface area is 322 Å². The van der Waals surface area contributed by atoms with E-state index in [2.05, 4.69) is 102 Å². The normalized spacial score (nSPS) is 12.0. The van der Waals surface area contributed by atoms with Gasteiger partial charge in [-0.2, -0.15) is 11.3 Å². The maximum Gasteiger partial charge on any atom is 3.00 e. The van der Waals surface area contributed by atoms with Crippen LogP contribution in [0.1, 0.15) is 33.6 Å². The first-order chi connectivity index (χ1) is 24.4. The molecule has 2 heterocycles. The molecule has 0 aliphatic heterocycles. The molecule has 0 saturated carbocycles. The molecule has 2 aromatic heterocycles. The van der Waals surface area contributed by atoms with Gasteiger partial charge in [-0.1, -0.05) is 64.5 Å². The number of benzene rings is 6. The Morgan fingerprint density at radius 1 is 0.863 bits per heavy atom. The summed E-state index contributed by atoms with van der Waals surface area (Å²) in [6.45, 7) is 6.92. The zero-order chi connectivity index (χ0) is 35.9. The number of hydrogen-bond donors (Lipinski definition) is 0. The standard InChI is InChI=1S/C27H18FN2S.C18H22Ge.Ir/c1-2-30-23-9-5-4-8-22(23)29-27(30)21-16-15-19(17-11-13-18(28)14-12-17)25-20-7-3-6-10-24(20)31-26(21)25;1-14(2)17-13-16(15-9-7-6-8-10-15)11-12-18(17)19(3,4)5;/h3-15H,2H2,1H3;6-9,12-14H,1-5H3;/q-1;-2;+3/i;14D;. The topological polar surface area (TPSA) is 17.8 Å². The molecule has 0 atom stereocenters. The van der Waals surface area contributed by atoms with Crippen molar-refractivity contribution in [3.05, 3.63) is 145 Å². The molecule has 8 aromatic rings. The third kappa shape index (κ3) is 7.41. The number of para-hydroxylation sites is 2. The number of hydrogen-bond acceptors (Lipinski definition) is 2. The molecule has 51 heavy (non-hydrogen) atoms. The van der Waals surface area contributed by atoms with Crippen LogP contribution in [0, 0.1) is 24.0 Å².